The predicted octanol–water partition coefficient (Wildman–Crippen LogP) is 1.18. The molecule has 1 saturated carbocycles. The molecule has 0 spiro atoms. The first kappa shape index (κ1) is 10.0. The summed E-state index contributed by atoms with van der Waals surface area (Å²) in [6, 6.07) is 0.892. The molecular weight excluding hydrogens is 172 g/mol. The molecule has 1 aliphatic heterocycles. The summed E-state index contributed by atoms with van der Waals surface area (Å²) in [4.78, 5) is 5.05. The molecule has 78 valence electrons. The zero-order valence-corrected chi connectivity index (χ0v) is 8.91. The topological polar surface area (TPSA) is 6.48 Å². The van der Waals surface area contributed by atoms with E-state index >= 15 is 0 Å². The van der Waals surface area contributed by atoms with Crippen molar-refractivity contribution in [2.24, 2.45) is 0 Å². The van der Waals surface area contributed by atoms with E-state index in [4.69, 9.17) is 6.42 Å². The molecule has 2 aliphatic rings. The van der Waals surface area contributed by atoms with Gasteiger partial charge in [0.25, 0.3) is 0 Å². The Bertz CT molecular complexity index is 205. The monoisotopic (exact) mass is 192 g/mol. The second kappa shape index (κ2) is 4.82. The van der Waals surface area contributed by atoms with Gasteiger partial charge in [-0.15, -0.1) is 6.42 Å². The van der Waals surface area contributed by atoms with Crippen LogP contribution in [0.1, 0.15) is 25.7 Å². The Labute approximate surface area is 87.3 Å². The molecule has 0 bridgehead atoms. The molecule has 0 aromatic rings. The zero-order valence-electron chi connectivity index (χ0n) is 8.91. The van der Waals surface area contributed by atoms with E-state index in [1.54, 1.807) is 0 Å². The van der Waals surface area contributed by atoms with E-state index in [0.29, 0.717) is 0 Å². The Morgan fingerprint density at radius 3 is 2.29 bits per heavy atom. The van der Waals surface area contributed by atoms with Crippen LogP contribution in [0.4, 0.5) is 0 Å². The molecule has 0 radical (unpaired) electrons. The quantitative estimate of drug-likeness (QED) is 0.606. The predicted molar refractivity (Wildman–Crippen MR) is 59.1 cm³/mol. The van der Waals surface area contributed by atoms with Crippen molar-refractivity contribution in [3.05, 3.63) is 0 Å². The van der Waals surface area contributed by atoms with E-state index < -0.39 is 0 Å². The van der Waals surface area contributed by atoms with Gasteiger partial charge in [0.2, 0.25) is 0 Å². The summed E-state index contributed by atoms with van der Waals surface area (Å²) in [5.41, 5.74) is 0. The van der Waals surface area contributed by atoms with Crippen LogP contribution < -0.4 is 0 Å². The van der Waals surface area contributed by atoms with Crippen LogP contribution in [0, 0.1) is 12.3 Å². The first-order chi connectivity index (χ1) is 6.90. The van der Waals surface area contributed by atoms with Crippen molar-refractivity contribution in [1.29, 1.82) is 0 Å². The van der Waals surface area contributed by atoms with Crippen molar-refractivity contribution in [1.82, 2.24) is 9.80 Å². The molecule has 0 N–H and O–H groups in total. The van der Waals surface area contributed by atoms with Gasteiger partial charge in [0, 0.05) is 32.2 Å². The lowest BCUT2D eigenvalue weighted by Crippen LogP contribution is -2.49. The minimum Gasteiger partial charge on any atom is -0.298 e. The fourth-order valence-electron chi connectivity index (χ4n) is 2.69. The van der Waals surface area contributed by atoms with Crippen LogP contribution >= 0.6 is 0 Å². The number of terminal acetylenes is 1. The van der Waals surface area contributed by atoms with Gasteiger partial charge >= 0.3 is 0 Å². The third kappa shape index (κ3) is 2.29. The second-order valence-electron chi connectivity index (χ2n) is 4.45. The number of rotatable bonds is 2. The lowest BCUT2D eigenvalue weighted by atomic mass is 10.2. The summed E-state index contributed by atoms with van der Waals surface area (Å²) < 4.78 is 0. The SMILES string of the molecule is C#CCN1CCN(C2CCCC2)CC1. The smallest absolute Gasteiger partial charge is 0.0599 e. The third-order valence-corrected chi connectivity index (χ3v) is 3.56. The molecule has 0 aromatic heterocycles. The van der Waals surface area contributed by atoms with Crippen molar-refractivity contribution in [3.8, 4) is 12.3 Å². The van der Waals surface area contributed by atoms with Crippen molar-refractivity contribution < 1.29 is 0 Å². The van der Waals surface area contributed by atoms with Gasteiger partial charge < -0.3 is 0 Å². The molecule has 0 atom stereocenters. The lowest BCUT2D eigenvalue weighted by molar-refractivity contribution is 0.106. The molecule has 2 fully saturated rings. The standard InChI is InChI=1S/C12H20N2/c1-2-7-13-8-10-14(11-9-13)12-5-3-4-6-12/h1,12H,3-11H2. The highest BCUT2D eigenvalue weighted by Gasteiger charge is 2.25. The van der Waals surface area contributed by atoms with E-state index in [2.05, 4.69) is 15.7 Å². The van der Waals surface area contributed by atoms with Crippen LogP contribution in [-0.2, 0) is 0 Å². The molecule has 2 heteroatoms. The molecule has 1 aliphatic carbocycles. The Hall–Kier alpha value is -0.520. The Morgan fingerprint density at radius 2 is 1.71 bits per heavy atom. The van der Waals surface area contributed by atoms with Gasteiger partial charge in [0.1, 0.15) is 0 Å². The fourth-order valence-corrected chi connectivity index (χ4v) is 2.69. The highest BCUT2D eigenvalue weighted by atomic mass is 15.3. The van der Waals surface area contributed by atoms with Gasteiger partial charge in [-0.1, -0.05) is 18.8 Å². The summed E-state index contributed by atoms with van der Waals surface area (Å²) in [6.45, 7) is 5.62. The minimum absolute atomic E-state index is 0.832. The number of hydrogen-bond acceptors (Lipinski definition) is 2. The maximum atomic E-state index is 5.31. The summed E-state index contributed by atoms with van der Waals surface area (Å²) >= 11 is 0. The highest BCUT2D eigenvalue weighted by molar-refractivity contribution is 4.90. The lowest BCUT2D eigenvalue weighted by Gasteiger charge is -2.37. The first-order valence-corrected chi connectivity index (χ1v) is 5.80. The van der Waals surface area contributed by atoms with Gasteiger partial charge in [-0.25, -0.2) is 0 Å². The van der Waals surface area contributed by atoms with E-state index in [-0.39, 0.29) is 0 Å². The normalized spacial score (nSPS) is 26.5. The summed E-state index contributed by atoms with van der Waals surface area (Å²) in [6.07, 6.45) is 11.0. The van der Waals surface area contributed by atoms with Crippen LogP contribution in [0.2, 0.25) is 0 Å². The molecule has 1 heterocycles. The molecule has 1 saturated heterocycles. The van der Waals surface area contributed by atoms with Gasteiger partial charge in [0.05, 0.1) is 6.54 Å². The maximum Gasteiger partial charge on any atom is 0.0599 e. The highest BCUT2D eigenvalue weighted by Crippen LogP contribution is 2.24. The number of piperazine rings is 1. The molecule has 2 rings (SSSR count). The third-order valence-electron chi connectivity index (χ3n) is 3.56. The summed E-state index contributed by atoms with van der Waals surface area (Å²) in [7, 11) is 0. The van der Waals surface area contributed by atoms with E-state index in [9.17, 15) is 0 Å². The second-order valence-corrected chi connectivity index (χ2v) is 4.45. The number of hydrogen-bond donors (Lipinski definition) is 0. The summed E-state index contributed by atoms with van der Waals surface area (Å²) in [5.74, 6) is 2.73. The molecule has 14 heavy (non-hydrogen) atoms. The van der Waals surface area contributed by atoms with Gasteiger partial charge in [-0.3, -0.25) is 9.80 Å². The van der Waals surface area contributed by atoms with Crippen molar-refractivity contribution in [3.63, 3.8) is 0 Å². The Kier molecular flexibility index (Phi) is 3.44. The van der Waals surface area contributed by atoms with Crippen molar-refractivity contribution in [2.45, 2.75) is 31.7 Å². The Balaban J connectivity index is 1.75. The van der Waals surface area contributed by atoms with Crippen LogP contribution in [0.15, 0.2) is 0 Å². The van der Waals surface area contributed by atoms with Crippen molar-refractivity contribution >= 4 is 0 Å². The molecular formula is C12H20N2. The van der Waals surface area contributed by atoms with E-state index in [1.807, 2.05) is 0 Å². The molecule has 0 aromatic carbocycles. The maximum absolute atomic E-state index is 5.31. The largest absolute Gasteiger partial charge is 0.298 e. The van der Waals surface area contributed by atoms with E-state index in [1.165, 1.54) is 51.9 Å². The zero-order chi connectivity index (χ0) is 9.80. The van der Waals surface area contributed by atoms with Crippen LogP contribution in [0.5, 0.6) is 0 Å². The van der Waals surface area contributed by atoms with Gasteiger partial charge in [-0.05, 0) is 12.8 Å². The van der Waals surface area contributed by atoms with Crippen LogP contribution in [0.25, 0.3) is 0 Å². The first-order valence-electron chi connectivity index (χ1n) is 5.80. The van der Waals surface area contributed by atoms with E-state index in [0.717, 1.165) is 12.6 Å². The van der Waals surface area contributed by atoms with Gasteiger partial charge in [-0.2, -0.15) is 0 Å². The van der Waals surface area contributed by atoms with Crippen LogP contribution in [0.3, 0.4) is 0 Å². The number of nitrogens with zero attached hydrogens (tertiary/aromatic N) is 2. The molecule has 0 amide bonds. The fraction of sp³-hybridized carbons (Fsp3) is 0.833. The minimum atomic E-state index is 0.832. The molecule has 0 unspecified atom stereocenters. The van der Waals surface area contributed by atoms with Crippen molar-refractivity contribution in [2.75, 3.05) is 32.7 Å². The van der Waals surface area contributed by atoms with Gasteiger partial charge in [0.15, 0.2) is 0 Å². The average Bonchev–Trinajstić information content (AvgIpc) is 2.72. The summed E-state index contributed by atoms with van der Waals surface area (Å²) in [5, 5.41) is 0. The Morgan fingerprint density at radius 1 is 1.07 bits per heavy atom. The average molecular weight is 192 g/mol. The van der Waals surface area contributed by atoms with Crippen LogP contribution in [-0.4, -0.2) is 48.6 Å². The molecule has 2 nitrogen and oxygen atoms in total.